The van der Waals surface area contributed by atoms with E-state index in [0.29, 0.717) is 8.58 Å². The van der Waals surface area contributed by atoms with Gasteiger partial charge >= 0.3 is 0 Å². The predicted octanol–water partition coefficient (Wildman–Crippen LogP) is 3.17. The van der Waals surface area contributed by atoms with E-state index in [-0.39, 0.29) is 0 Å². The summed E-state index contributed by atoms with van der Waals surface area (Å²) in [5.74, 6) is 0. The molecule has 1 aromatic heterocycles. The highest BCUT2D eigenvalue weighted by molar-refractivity contribution is 7.55. The van der Waals surface area contributed by atoms with Gasteiger partial charge in [0.2, 0.25) is 0 Å². The summed E-state index contributed by atoms with van der Waals surface area (Å²) in [6.45, 7) is 2.09. The summed E-state index contributed by atoms with van der Waals surface area (Å²) in [7, 11) is 0.676. The van der Waals surface area contributed by atoms with Gasteiger partial charge in [0.15, 0.2) is 0 Å². The van der Waals surface area contributed by atoms with E-state index in [0.717, 1.165) is 11.2 Å². The first-order valence-corrected chi connectivity index (χ1v) is 7.01. The van der Waals surface area contributed by atoms with Gasteiger partial charge in [0.25, 0.3) is 0 Å². The number of rotatable bonds is 2. The summed E-state index contributed by atoms with van der Waals surface area (Å²) in [5, 5.41) is 3.92. The van der Waals surface area contributed by atoms with Crippen molar-refractivity contribution in [3.63, 3.8) is 0 Å². The number of aromatic nitrogens is 1. The van der Waals surface area contributed by atoms with Crippen molar-refractivity contribution in [1.29, 1.82) is 0 Å². The van der Waals surface area contributed by atoms with E-state index in [1.165, 1.54) is 16.0 Å². The molecule has 0 fully saturated rings. The molecule has 2 aromatic carbocycles. The molecule has 18 heavy (non-hydrogen) atoms. The van der Waals surface area contributed by atoms with Crippen molar-refractivity contribution in [2.24, 2.45) is 0 Å². The molecule has 1 unspecified atom stereocenters. The molecule has 0 aliphatic heterocycles. The van der Waals surface area contributed by atoms with Crippen LogP contribution in [0.1, 0.15) is 5.69 Å². The van der Waals surface area contributed by atoms with Gasteiger partial charge in [-0.3, -0.25) is 4.98 Å². The molecule has 1 heterocycles. The first kappa shape index (κ1) is 11.4. The van der Waals surface area contributed by atoms with Gasteiger partial charge in [-0.1, -0.05) is 57.1 Å². The molecule has 1 atom stereocenters. The molecule has 0 N–H and O–H groups in total. The number of hydrogen-bond donors (Lipinski definition) is 0. The van der Waals surface area contributed by atoms with Gasteiger partial charge in [0.1, 0.15) is 0 Å². The maximum Gasteiger partial charge on any atom is 0.0705 e. The number of benzene rings is 2. The number of aryl methyl sites for hydroxylation is 1. The fourth-order valence-electron chi connectivity index (χ4n) is 2.02. The molecule has 88 valence electrons. The highest BCUT2D eigenvalue weighted by Crippen LogP contribution is 2.17. The Balaban J connectivity index is 2.04. The van der Waals surface area contributed by atoms with Crippen molar-refractivity contribution < 1.29 is 0 Å². The van der Waals surface area contributed by atoms with E-state index >= 15 is 0 Å². The second kappa shape index (κ2) is 4.88. The standard InChI is InChI=1S/C16H14NP/c1-12-16(18-14-8-3-2-4-9-14)11-13-7-5-6-10-15(13)17-12/h2-11,18H,1H3. The molecule has 0 saturated heterocycles. The Labute approximate surface area is 109 Å². The second-order valence-corrected chi connectivity index (χ2v) is 5.67. The lowest BCUT2D eigenvalue weighted by Gasteiger charge is -2.07. The maximum atomic E-state index is 4.68. The highest BCUT2D eigenvalue weighted by atomic mass is 31.1. The molecule has 0 bridgehead atoms. The van der Waals surface area contributed by atoms with Crippen LogP contribution >= 0.6 is 8.58 Å². The zero-order valence-electron chi connectivity index (χ0n) is 10.2. The topological polar surface area (TPSA) is 12.9 Å². The van der Waals surface area contributed by atoms with E-state index in [4.69, 9.17) is 0 Å². The van der Waals surface area contributed by atoms with E-state index in [9.17, 15) is 0 Å². The SMILES string of the molecule is Cc1nc2ccccc2cc1Pc1ccccc1. The van der Waals surface area contributed by atoms with Crippen LogP contribution < -0.4 is 10.6 Å². The number of nitrogens with zero attached hydrogens (tertiary/aromatic N) is 1. The summed E-state index contributed by atoms with van der Waals surface area (Å²) in [6, 6.07) is 21.1. The molecule has 2 heteroatoms. The summed E-state index contributed by atoms with van der Waals surface area (Å²) in [4.78, 5) is 4.68. The van der Waals surface area contributed by atoms with Gasteiger partial charge in [-0.05, 0) is 29.7 Å². The first-order chi connectivity index (χ1) is 8.83. The lowest BCUT2D eigenvalue weighted by atomic mass is 10.2. The lowest BCUT2D eigenvalue weighted by Crippen LogP contribution is -2.08. The van der Waals surface area contributed by atoms with Crippen molar-refractivity contribution in [2.75, 3.05) is 0 Å². The van der Waals surface area contributed by atoms with E-state index in [1.807, 2.05) is 6.07 Å². The third-order valence-electron chi connectivity index (χ3n) is 2.97. The Morgan fingerprint density at radius 1 is 0.889 bits per heavy atom. The van der Waals surface area contributed by atoms with Crippen molar-refractivity contribution in [3.8, 4) is 0 Å². The molecule has 3 rings (SSSR count). The van der Waals surface area contributed by atoms with Gasteiger partial charge in [-0.15, -0.1) is 0 Å². The lowest BCUT2D eigenvalue weighted by molar-refractivity contribution is 1.28. The van der Waals surface area contributed by atoms with Crippen molar-refractivity contribution in [3.05, 3.63) is 66.4 Å². The van der Waals surface area contributed by atoms with Crippen molar-refractivity contribution >= 4 is 30.1 Å². The summed E-state index contributed by atoms with van der Waals surface area (Å²) < 4.78 is 0. The molecule has 1 nitrogen and oxygen atoms in total. The fraction of sp³-hybridized carbons (Fsp3) is 0.0625. The van der Waals surface area contributed by atoms with Crippen LogP contribution in [0.4, 0.5) is 0 Å². The van der Waals surface area contributed by atoms with Crippen LogP contribution in [0.3, 0.4) is 0 Å². The molecule has 0 aliphatic rings. The smallest absolute Gasteiger partial charge is 0.0705 e. The minimum absolute atomic E-state index is 0.676. The Kier molecular flexibility index (Phi) is 3.08. The Morgan fingerprint density at radius 2 is 1.61 bits per heavy atom. The number of fused-ring (bicyclic) bond motifs is 1. The van der Waals surface area contributed by atoms with Crippen LogP contribution in [0, 0.1) is 6.92 Å². The molecule has 0 aliphatic carbocycles. The Bertz CT molecular complexity index is 677. The van der Waals surface area contributed by atoms with Crippen LogP contribution in [0.5, 0.6) is 0 Å². The quantitative estimate of drug-likeness (QED) is 0.637. The average molecular weight is 251 g/mol. The van der Waals surface area contributed by atoms with Crippen LogP contribution in [0.15, 0.2) is 60.7 Å². The Hall–Kier alpha value is -1.72. The Morgan fingerprint density at radius 3 is 2.44 bits per heavy atom. The molecule has 0 saturated carbocycles. The number of para-hydroxylation sites is 1. The van der Waals surface area contributed by atoms with Gasteiger partial charge in [0.05, 0.1) is 5.52 Å². The van der Waals surface area contributed by atoms with E-state index in [2.05, 4.69) is 66.5 Å². The van der Waals surface area contributed by atoms with Gasteiger partial charge in [0, 0.05) is 11.1 Å². The zero-order valence-corrected chi connectivity index (χ0v) is 11.2. The number of hydrogen-bond acceptors (Lipinski definition) is 1. The van der Waals surface area contributed by atoms with Gasteiger partial charge in [-0.2, -0.15) is 0 Å². The molecule has 0 spiro atoms. The van der Waals surface area contributed by atoms with Crippen molar-refractivity contribution in [2.45, 2.75) is 6.92 Å². The number of pyridine rings is 1. The third kappa shape index (κ3) is 2.27. The van der Waals surface area contributed by atoms with Crippen LogP contribution in [0.25, 0.3) is 10.9 Å². The fourth-order valence-corrected chi connectivity index (χ4v) is 3.15. The van der Waals surface area contributed by atoms with E-state index < -0.39 is 0 Å². The van der Waals surface area contributed by atoms with Crippen LogP contribution in [-0.2, 0) is 0 Å². The molecule has 0 radical (unpaired) electrons. The summed E-state index contributed by atoms with van der Waals surface area (Å²) in [6.07, 6.45) is 0. The highest BCUT2D eigenvalue weighted by Gasteiger charge is 2.03. The predicted molar refractivity (Wildman–Crippen MR) is 80.5 cm³/mol. The van der Waals surface area contributed by atoms with Gasteiger partial charge in [-0.25, -0.2) is 0 Å². The second-order valence-electron chi connectivity index (χ2n) is 4.31. The zero-order chi connectivity index (χ0) is 12.4. The maximum absolute atomic E-state index is 4.68. The molecule has 0 amide bonds. The van der Waals surface area contributed by atoms with Crippen LogP contribution in [-0.4, -0.2) is 4.98 Å². The third-order valence-corrected chi connectivity index (χ3v) is 4.36. The molecular formula is C16H14NP. The normalized spacial score (nSPS) is 11.4. The minimum atomic E-state index is 0.676. The summed E-state index contributed by atoms with van der Waals surface area (Å²) in [5.41, 5.74) is 2.22. The largest absolute Gasteiger partial charge is 0.252 e. The minimum Gasteiger partial charge on any atom is -0.252 e. The van der Waals surface area contributed by atoms with Crippen molar-refractivity contribution in [1.82, 2.24) is 4.98 Å². The molecular weight excluding hydrogens is 237 g/mol. The van der Waals surface area contributed by atoms with Gasteiger partial charge < -0.3 is 0 Å². The average Bonchev–Trinajstić information content (AvgIpc) is 2.41. The van der Waals surface area contributed by atoms with E-state index in [1.54, 1.807) is 0 Å². The first-order valence-electron chi connectivity index (χ1n) is 6.01. The monoisotopic (exact) mass is 251 g/mol. The molecule has 3 aromatic rings. The van der Waals surface area contributed by atoms with Crippen LogP contribution in [0.2, 0.25) is 0 Å². The summed E-state index contributed by atoms with van der Waals surface area (Å²) >= 11 is 0.